The second kappa shape index (κ2) is 5.37. The molecule has 6 heteroatoms. The molecule has 0 saturated carbocycles. The minimum atomic E-state index is -0.713. The quantitative estimate of drug-likeness (QED) is 0.794. The molecule has 1 spiro atoms. The van der Waals surface area contributed by atoms with E-state index in [1.165, 1.54) is 5.56 Å². The lowest BCUT2D eigenvalue weighted by molar-refractivity contribution is -0.124. The predicted molar refractivity (Wildman–Crippen MR) is 78.4 cm³/mol. The van der Waals surface area contributed by atoms with Gasteiger partial charge in [-0.15, -0.1) is 0 Å². The Hall–Kier alpha value is -2.08. The molecule has 112 valence electrons. The van der Waals surface area contributed by atoms with E-state index in [1.807, 2.05) is 18.2 Å². The molecule has 21 heavy (non-hydrogen) atoms. The summed E-state index contributed by atoms with van der Waals surface area (Å²) in [6.07, 6.45) is 1.59. The molecule has 0 aromatic heterocycles. The molecule has 1 aromatic rings. The molecule has 1 atom stereocenters. The summed E-state index contributed by atoms with van der Waals surface area (Å²) in [7, 11) is 3.25. The van der Waals surface area contributed by atoms with Crippen molar-refractivity contribution in [3.63, 3.8) is 0 Å². The van der Waals surface area contributed by atoms with Gasteiger partial charge in [-0.25, -0.2) is 0 Å². The molecule has 1 unspecified atom stereocenters. The third kappa shape index (κ3) is 2.25. The van der Waals surface area contributed by atoms with Crippen LogP contribution in [0.25, 0.3) is 0 Å². The number of fused-ring (bicyclic) bond motifs is 2. The van der Waals surface area contributed by atoms with Crippen molar-refractivity contribution in [1.82, 2.24) is 10.6 Å². The lowest BCUT2D eigenvalue weighted by atomic mass is 9.92. The SMILES string of the molecule is COCCN=C1NC(=O)C2(CCc3ccc(OC)cc32)N1. The maximum atomic E-state index is 12.5. The van der Waals surface area contributed by atoms with Crippen molar-refractivity contribution < 1.29 is 14.3 Å². The number of ether oxygens (including phenoxy) is 2. The number of amides is 1. The van der Waals surface area contributed by atoms with Gasteiger partial charge in [-0.3, -0.25) is 15.1 Å². The highest BCUT2D eigenvalue weighted by Crippen LogP contribution is 2.40. The van der Waals surface area contributed by atoms with Gasteiger partial charge in [0.05, 0.1) is 20.3 Å². The van der Waals surface area contributed by atoms with Crippen molar-refractivity contribution in [3.05, 3.63) is 29.3 Å². The van der Waals surface area contributed by atoms with Crippen LogP contribution in [0.15, 0.2) is 23.2 Å². The Balaban J connectivity index is 1.90. The van der Waals surface area contributed by atoms with Gasteiger partial charge in [-0.05, 0) is 36.1 Å². The molecule has 1 aliphatic carbocycles. The lowest BCUT2D eigenvalue weighted by Gasteiger charge is -2.22. The van der Waals surface area contributed by atoms with E-state index in [4.69, 9.17) is 9.47 Å². The van der Waals surface area contributed by atoms with Crippen LogP contribution in [0.2, 0.25) is 0 Å². The van der Waals surface area contributed by atoms with Gasteiger partial charge >= 0.3 is 0 Å². The highest BCUT2D eigenvalue weighted by atomic mass is 16.5. The monoisotopic (exact) mass is 289 g/mol. The van der Waals surface area contributed by atoms with Crippen LogP contribution in [0, 0.1) is 0 Å². The highest BCUT2D eigenvalue weighted by molar-refractivity contribution is 6.10. The van der Waals surface area contributed by atoms with Crippen LogP contribution in [0.4, 0.5) is 0 Å². The number of hydrogen-bond donors (Lipinski definition) is 2. The molecule has 1 saturated heterocycles. The molecular formula is C15H19N3O3. The minimum Gasteiger partial charge on any atom is -0.497 e. The fourth-order valence-electron chi connectivity index (χ4n) is 2.95. The number of aryl methyl sites for hydroxylation is 1. The number of methoxy groups -OCH3 is 2. The van der Waals surface area contributed by atoms with E-state index in [2.05, 4.69) is 15.6 Å². The molecule has 1 amide bonds. The van der Waals surface area contributed by atoms with E-state index in [-0.39, 0.29) is 5.91 Å². The smallest absolute Gasteiger partial charge is 0.257 e. The van der Waals surface area contributed by atoms with Crippen LogP contribution in [-0.2, 0) is 21.5 Å². The first-order valence-corrected chi connectivity index (χ1v) is 7.00. The van der Waals surface area contributed by atoms with Gasteiger partial charge in [-0.2, -0.15) is 0 Å². The second-order valence-corrected chi connectivity index (χ2v) is 5.23. The number of benzene rings is 1. The van der Waals surface area contributed by atoms with Gasteiger partial charge in [0.2, 0.25) is 0 Å². The summed E-state index contributed by atoms with van der Waals surface area (Å²) in [4.78, 5) is 16.8. The minimum absolute atomic E-state index is 0.0503. The largest absolute Gasteiger partial charge is 0.497 e. The first kappa shape index (κ1) is 13.9. The van der Waals surface area contributed by atoms with Crippen molar-refractivity contribution in [3.8, 4) is 5.75 Å². The molecule has 0 bridgehead atoms. The van der Waals surface area contributed by atoms with E-state index in [9.17, 15) is 4.79 Å². The third-order valence-corrected chi connectivity index (χ3v) is 4.06. The summed E-state index contributed by atoms with van der Waals surface area (Å²) in [6.45, 7) is 1.04. The molecule has 3 rings (SSSR count). The zero-order valence-electron chi connectivity index (χ0n) is 12.2. The van der Waals surface area contributed by atoms with Gasteiger partial charge < -0.3 is 14.8 Å². The topological polar surface area (TPSA) is 72.0 Å². The predicted octanol–water partition coefficient (Wildman–Crippen LogP) is 0.558. The average Bonchev–Trinajstić information content (AvgIpc) is 3.02. The Labute approximate surface area is 123 Å². The second-order valence-electron chi connectivity index (χ2n) is 5.23. The molecule has 2 N–H and O–H groups in total. The number of rotatable bonds is 4. The van der Waals surface area contributed by atoms with Crippen molar-refractivity contribution in [2.24, 2.45) is 4.99 Å². The summed E-state index contributed by atoms with van der Waals surface area (Å²) in [5.41, 5.74) is 1.45. The van der Waals surface area contributed by atoms with Crippen LogP contribution in [-0.4, -0.2) is 39.2 Å². The molecule has 2 aliphatic rings. The summed E-state index contributed by atoms with van der Waals surface area (Å²) in [6, 6.07) is 5.89. The summed E-state index contributed by atoms with van der Waals surface area (Å²) < 4.78 is 10.2. The van der Waals surface area contributed by atoms with Crippen molar-refractivity contribution >= 4 is 11.9 Å². The van der Waals surface area contributed by atoms with Gasteiger partial charge in [0.25, 0.3) is 5.91 Å². The van der Waals surface area contributed by atoms with Crippen LogP contribution < -0.4 is 15.4 Å². The fraction of sp³-hybridized carbons (Fsp3) is 0.467. The summed E-state index contributed by atoms with van der Waals surface area (Å²) in [5.74, 6) is 1.23. The standard InChI is InChI=1S/C15H19N3O3/c1-20-8-7-16-14-17-13(19)15(18-14)6-5-10-3-4-11(21-2)9-12(10)15/h3-4,9H,5-8H2,1-2H3,(H2,16,17,18,19). The van der Waals surface area contributed by atoms with E-state index >= 15 is 0 Å². The van der Waals surface area contributed by atoms with Crippen LogP contribution in [0.5, 0.6) is 5.75 Å². The van der Waals surface area contributed by atoms with Crippen LogP contribution in [0.1, 0.15) is 17.5 Å². The van der Waals surface area contributed by atoms with E-state index in [0.717, 1.165) is 24.2 Å². The number of carbonyl (C=O) groups is 1. The maximum Gasteiger partial charge on any atom is 0.257 e. The summed E-state index contributed by atoms with van der Waals surface area (Å²) >= 11 is 0. The van der Waals surface area contributed by atoms with Crippen molar-refractivity contribution in [2.75, 3.05) is 27.4 Å². The number of nitrogens with one attached hydrogen (secondary N) is 2. The molecule has 0 radical (unpaired) electrons. The lowest BCUT2D eigenvalue weighted by Crippen LogP contribution is -2.41. The molecule has 1 heterocycles. The number of aliphatic imine (C=N–C) groups is 1. The first-order valence-electron chi connectivity index (χ1n) is 7.00. The Morgan fingerprint density at radius 1 is 1.38 bits per heavy atom. The number of nitrogens with zero attached hydrogens (tertiary/aromatic N) is 1. The Morgan fingerprint density at radius 2 is 2.24 bits per heavy atom. The van der Waals surface area contributed by atoms with Gasteiger partial charge in [0, 0.05) is 7.11 Å². The number of carbonyl (C=O) groups excluding carboxylic acids is 1. The van der Waals surface area contributed by atoms with Crippen molar-refractivity contribution in [1.29, 1.82) is 0 Å². The third-order valence-electron chi connectivity index (χ3n) is 4.06. The Kier molecular flexibility index (Phi) is 3.55. The zero-order chi connectivity index (χ0) is 14.9. The highest BCUT2D eigenvalue weighted by Gasteiger charge is 2.50. The Bertz CT molecular complexity index is 600. The normalized spacial score (nSPS) is 25.0. The molecule has 1 aliphatic heterocycles. The van der Waals surface area contributed by atoms with E-state index < -0.39 is 5.54 Å². The first-order chi connectivity index (χ1) is 10.2. The number of guanidine groups is 1. The Morgan fingerprint density at radius 3 is 3.00 bits per heavy atom. The molecule has 1 aromatic carbocycles. The van der Waals surface area contributed by atoms with Crippen LogP contribution >= 0.6 is 0 Å². The fourth-order valence-corrected chi connectivity index (χ4v) is 2.95. The van der Waals surface area contributed by atoms with E-state index in [0.29, 0.717) is 19.1 Å². The zero-order valence-corrected chi connectivity index (χ0v) is 12.2. The van der Waals surface area contributed by atoms with Gasteiger partial charge in [-0.1, -0.05) is 6.07 Å². The van der Waals surface area contributed by atoms with Gasteiger partial charge in [0.1, 0.15) is 11.3 Å². The molecule has 1 fully saturated rings. The van der Waals surface area contributed by atoms with Gasteiger partial charge in [0.15, 0.2) is 5.96 Å². The van der Waals surface area contributed by atoms with Crippen molar-refractivity contribution in [2.45, 2.75) is 18.4 Å². The maximum absolute atomic E-state index is 12.5. The molecule has 6 nitrogen and oxygen atoms in total. The van der Waals surface area contributed by atoms with Crippen LogP contribution in [0.3, 0.4) is 0 Å². The average molecular weight is 289 g/mol. The van der Waals surface area contributed by atoms with E-state index in [1.54, 1.807) is 14.2 Å². The number of hydrogen-bond acceptors (Lipinski definition) is 4. The molecular weight excluding hydrogens is 270 g/mol. The summed E-state index contributed by atoms with van der Waals surface area (Å²) in [5, 5.41) is 6.09.